The van der Waals surface area contributed by atoms with Crippen molar-refractivity contribution >= 4 is 23.0 Å². The molecule has 0 bridgehead atoms. The van der Waals surface area contributed by atoms with Crippen molar-refractivity contribution in [3.05, 3.63) is 47.4 Å². The van der Waals surface area contributed by atoms with Gasteiger partial charge in [-0.2, -0.15) is 0 Å². The summed E-state index contributed by atoms with van der Waals surface area (Å²) in [5, 5.41) is 21.9. The Morgan fingerprint density at radius 2 is 2.21 bits per heavy atom. The van der Waals surface area contributed by atoms with Crippen LogP contribution in [0.2, 0.25) is 0 Å². The van der Waals surface area contributed by atoms with Crippen molar-refractivity contribution in [2.24, 2.45) is 0 Å². The van der Waals surface area contributed by atoms with Crippen molar-refractivity contribution in [2.45, 2.75) is 26.2 Å². The number of para-hydroxylation sites is 1. The van der Waals surface area contributed by atoms with Crippen molar-refractivity contribution in [3.63, 3.8) is 0 Å². The first kappa shape index (κ1) is 19.8. The molecule has 2 heterocycles. The maximum atomic E-state index is 11.7. The van der Waals surface area contributed by atoms with Gasteiger partial charge in [0.25, 0.3) is 0 Å². The van der Waals surface area contributed by atoms with Crippen LogP contribution in [0.15, 0.2) is 30.5 Å². The van der Waals surface area contributed by atoms with E-state index in [0.29, 0.717) is 36.8 Å². The largest absolute Gasteiger partial charge is 0.476 e. The lowest BCUT2D eigenvalue weighted by Crippen LogP contribution is -2.12. The highest BCUT2D eigenvalue weighted by Gasteiger charge is 2.20. The number of carboxylic acid groups (broad SMARTS) is 1. The molecule has 0 aliphatic carbocycles. The summed E-state index contributed by atoms with van der Waals surface area (Å²) in [4.78, 5) is 20.1. The summed E-state index contributed by atoms with van der Waals surface area (Å²) in [5.74, 6) is -0.593. The van der Waals surface area contributed by atoms with Crippen LogP contribution in [0.5, 0.6) is 5.75 Å². The van der Waals surface area contributed by atoms with E-state index < -0.39 is 12.8 Å². The molecule has 0 radical (unpaired) electrons. The molecule has 0 amide bonds. The van der Waals surface area contributed by atoms with Crippen molar-refractivity contribution in [1.82, 2.24) is 9.97 Å². The van der Waals surface area contributed by atoms with Gasteiger partial charge in [-0.3, -0.25) is 0 Å². The Bertz CT molecular complexity index is 895. The van der Waals surface area contributed by atoms with Crippen molar-refractivity contribution in [1.29, 1.82) is 0 Å². The summed E-state index contributed by atoms with van der Waals surface area (Å²) in [6.07, 6.45) is 4.23. The molecule has 0 fully saturated rings. The quantitative estimate of drug-likeness (QED) is 0.623. The van der Waals surface area contributed by atoms with Crippen molar-refractivity contribution in [2.75, 3.05) is 25.3 Å². The zero-order chi connectivity index (χ0) is 20.1. The minimum atomic E-state index is -1.18. The van der Waals surface area contributed by atoms with Gasteiger partial charge in [0, 0.05) is 5.56 Å². The summed E-state index contributed by atoms with van der Waals surface area (Å²) in [6, 6.07) is 5.45. The van der Waals surface area contributed by atoms with E-state index in [1.54, 1.807) is 12.3 Å². The fraction of sp³-hybridized carbons (Fsp3) is 0.350. The highest BCUT2D eigenvalue weighted by atomic mass is 16.6. The van der Waals surface area contributed by atoms with E-state index in [1.165, 1.54) is 0 Å². The number of carboxylic acids is 1. The van der Waals surface area contributed by atoms with Gasteiger partial charge in [-0.1, -0.05) is 32.1 Å². The van der Waals surface area contributed by atoms with Crippen LogP contribution < -0.4 is 10.1 Å². The average molecular weight is 385 g/mol. The van der Waals surface area contributed by atoms with Crippen LogP contribution in [0.1, 0.15) is 47.9 Å². The molecule has 1 aromatic heterocycles. The minimum absolute atomic E-state index is 0.0525. The molecule has 8 nitrogen and oxygen atoms in total. The molecule has 1 aromatic carbocycles. The van der Waals surface area contributed by atoms with Gasteiger partial charge >= 0.3 is 5.97 Å². The van der Waals surface area contributed by atoms with Crippen molar-refractivity contribution in [3.8, 4) is 5.75 Å². The third-order valence-corrected chi connectivity index (χ3v) is 4.37. The number of aliphatic hydroxyl groups is 1. The Hall–Kier alpha value is -2.97. The van der Waals surface area contributed by atoms with Crippen LogP contribution in [-0.4, -0.2) is 46.2 Å². The molecular weight excluding hydrogens is 362 g/mol. The van der Waals surface area contributed by atoms with Crippen LogP contribution >= 0.6 is 0 Å². The maximum absolute atomic E-state index is 11.7. The summed E-state index contributed by atoms with van der Waals surface area (Å²) < 4.78 is 10.8. The SMILES string of the molecule is CC(C)c1cnc(Nc2cccc(C3=CCOCC3)c2OCO)c(C(=O)O)n1. The third kappa shape index (κ3) is 4.29. The molecule has 2 aromatic rings. The number of nitrogens with zero attached hydrogens (tertiary/aromatic N) is 2. The molecule has 0 atom stereocenters. The monoisotopic (exact) mass is 385 g/mol. The molecule has 148 valence electrons. The molecule has 0 spiro atoms. The number of aliphatic hydroxyl groups excluding tert-OH is 1. The second-order valence-corrected chi connectivity index (χ2v) is 6.59. The molecule has 0 saturated carbocycles. The van der Waals surface area contributed by atoms with E-state index in [4.69, 9.17) is 9.47 Å². The zero-order valence-electron chi connectivity index (χ0n) is 15.8. The fourth-order valence-electron chi connectivity index (χ4n) is 2.93. The number of benzene rings is 1. The Morgan fingerprint density at radius 3 is 2.86 bits per heavy atom. The number of carbonyl (C=O) groups is 1. The normalized spacial score (nSPS) is 13.9. The van der Waals surface area contributed by atoms with Gasteiger partial charge in [-0.15, -0.1) is 0 Å². The van der Waals surface area contributed by atoms with Crippen LogP contribution in [0.25, 0.3) is 5.57 Å². The van der Waals surface area contributed by atoms with E-state index in [1.807, 2.05) is 32.1 Å². The molecule has 1 aliphatic heterocycles. The number of aromatic nitrogens is 2. The molecular formula is C20H23N3O5. The number of ether oxygens (including phenoxy) is 2. The smallest absolute Gasteiger partial charge is 0.358 e. The summed E-state index contributed by atoms with van der Waals surface area (Å²) in [7, 11) is 0. The summed E-state index contributed by atoms with van der Waals surface area (Å²) in [6.45, 7) is 4.44. The number of nitrogens with one attached hydrogen (secondary N) is 1. The first-order valence-corrected chi connectivity index (χ1v) is 9.02. The Balaban J connectivity index is 2.02. The van der Waals surface area contributed by atoms with Crippen LogP contribution in [0.3, 0.4) is 0 Å². The van der Waals surface area contributed by atoms with E-state index >= 15 is 0 Å². The molecule has 3 rings (SSSR count). The Kier molecular flexibility index (Phi) is 6.23. The zero-order valence-corrected chi connectivity index (χ0v) is 15.8. The van der Waals surface area contributed by atoms with Crippen LogP contribution in [0, 0.1) is 0 Å². The van der Waals surface area contributed by atoms with E-state index in [9.17, 15) is 15.0 Å². The fourth-order valence-corrected chi connectivity index (χ4v) is 2.93. The highest BCUT2D eigenvalue weighted by molar-refractivity contribution is 5.92. The van der Waals surface area contributed by atoms with Crippen LogP contribution in [-0.2, 0) is 4.74 Å². The van der Waals surface area contributed by atoms with E-state index in [0.717, 1.165) is 11.1 Å². The Labute approximate surface area is 162 Å². The standard InChI is InChI=1S/C20H23N3O5/c1-12(2)16-10-21-19(17(22-16)20(25)26)23-15-5-3-4-14(18(15)28-11-24)13-6-8-27-9-7-13/h3-6,10,12,24H,7-9,11H2,1-2H3,(H,21,23)(H,25,26). The minimum Gasteiger partial charge on any atom is -0.476 e. The predicted molar refractivity (Wildman–Crippen MR) is 104 cm³/mol. The molecule has 0 unspecified atom stereocenters. The number of anilines is 2. The predicted octanol–water partition coefficient (Wildman–Crippen LogP) is 3.17. The molecule has 8 heteroatoms. The lowest BCUT2D eigenvalue weighted by molar-refractivity contribution is 0.0690. The molecule has 1 aliphatic rings. The average Bonchev–Trinajstić information content (AvgIpc) is 2.70. The molecule has 28 heavy (non-hydrogen) atoms. The summed E-state index contributed by atoms with van der Waals surface area (Å²) in [5.41, 5.74) is 2.77. The van der Waals surface area contributed by atoms with Gasteiger partial charge in [-0.25, -0.2) is 14.8 Å². The highest BCUT2D eigenvalue weighted by Crippen LogP contribution is 2.37. The van der Waals surface area contributed by atoms with Gasteiger partial charge in [-0.05, 0) is 24.0 Å². The first-order chi connectivity index (χ1) is 13.5. The summed E-state index contributed by atoms with van der Waals surface area (Å²) >= 11 is 0. The number of rotatable bonds is 7. The van der Waals surface area contributed by atoms with Gasteiger partial charge in [0.05, 0.1) is 30.8 Å². The number of aromatic carboxylic acids is 1. The van der Waals surface area contributed by atoms with Gasteiger partial charge in [0.1, 0.15) is 0 Å². The van der Waals surface area contributed by atoms with Gasteiger partial charge in [0.2, 0.25) is 0 Å². The second-order valence-electron chi connectivity index (χ2n) is 6.59. The number of hydrogen-bond donors (Lipinski definition) is 3. The Morgan fingerprint density at radius 1 is 1.39 bits per heavy atom. The first-order valence-electron chi connectivity index (χ1n) is 9.02. The van der Waals surface area contributed by atoms with Crippen molar-refractivity contribution < 1.29 is 24.5 Å². The van der Waals surface area contributed by atoms with Crippen LogP contribution in [0.4, 0.5) is 11.5 Å². The van der Waals surface area contributed by atoms with Gasteiger partial charge in [0.15, 0.2) is 24.1 Å². The lowest BCUT2D eigenvalue weighted by atomic mass is 9.99. The second kappa shape index (κ2) is 8.81. The topological polar surface area (TPSA) is 114 Å². The number of hydrogen-bond acceptors (Lipinski definition) is 7. The molecule has 3 N–H and O–H groups in total. The molecule has 0 saturated heterocycles. The third-order valence-electron chi connectivity index (χ3n) is 4.37. The maximum Gasteiger partial charge on any atom is 0.358 e. The van der Waals surface area contributed by atoms with E-state index in [2.05, 4.69) is 15.3 Å². The van der Waals surface area contributed by atoms with Gasteiger partial charge < -0.3 is 25.0 Å². The lowest BCUT2D eigenvalue weighted by Gasteiger charge is -2.20. The van der Waals surface area contributed by atoms with E-state index in [-0.39, 0.29) is 17.4 Å².